The van der Waals surface area contributed by atoms with E-state index in [0.29, 0.717) is 11.6 Å². The maximum absolute atomic E-state index is 12.4. The van der Waals surface area contributed by atoms with Gasteiger partial charge in [0.25, 0.3) is 5.91 Å². The second-order valence-electron chi connectivity index (χ2n) is 3.92. The van der Waals surface area contributed by atoms with Crippen LogP contribution in [0.3, 0.4) is 0 Å². The maximum Gasteiger partial charge on any atom is 0.265 e. The molecule has 0 bridgehead atoms. The lowest BCUT2D eigenvalue weighted by Crippen LogP contribution is -2.36. The second-order valence-corrected chi connectivity index (χ2v) is 5.14. The van der Waals surface area contributed by atoms with Crippen molar-refractivity contribution in [2.45, 2.75) is 6.42 Å². The summed E-state index contributed by atoms with van der Waals surface area (Å²) in [4.78, 5) is 14.9. The fourth-order valence-corrected chi connectivity index (χ4v) is 2.99. The van der Waals surface area contributed by atoms with Crippen LogP contribution in [0.5, 0.6) is 0 Å². The molecule has 0 saturated heterocycles. The molecule has 1 heterocycles. The summed E-state index contributed by atoms with van der Waals surface area (Å²) in [5, 5.41) is 0.605. The Morgan fingerprint density at radius 3 is 2.78 bits per heavy atom. The molecule has 0 spiro atoms. The van der Waals surface area contributed by atoms with Crippen molar-refractivity contribution in [3.05, 3.63) is 52.4 Å². The smallest absolute Gasteiger partial charge is 0.265 e. The number of hydrogen-bond acceptors (Lipinski definition) is 2. The highest BCUT2D eigenvalue weighted by Gasteiger charge is 2.27. The Bertz CT molecular complexity index is 524. The van der Waals surface area contributed by atoms with E-state index in [1.54, 1.807) is 17.0 Å². The summed E-state index contributed by atoms with van der Waals surface area (Å²) in [5.41, 5.74) is 1.80. The summed E-state index contributed by atoms with van der Waals surface area (Å²) in [5.74, 6) is 0.0109. The van der Waals surface area contributed by atoms with Gasteiger partial charge in [0.1, 0.15) is 0 Å². The highest BCUT2D eigenvalue weighted by atomic mass is 35.5. The fraction of sp³-hybridized carbons (Fsp3) is 0.214. The number of amides is 1. The largest absolute Gasteiger partial charge is 0.306 e. The number of carbonyl (C=O) groups is 1. The molecule has 0 fully saturated rings. The summed E-state index contributed by atoms with van der Waals surface area (Å²) in [7, 11) is 0. The first-order valence-corrected chi connectivity index (χ1v) is 7.25. The minimum Gasteiger partial charge on any atom is -0.306 e. The van der Waals surface area contributed by atoms with Gasteiger partial charge in [0.15, 0.2) is 0 Å². The Morgan fingerprint density at radius 2 is 2.17 bits per heavy atom. The van der Waals surface area contributed by atoms with Crippen molar-refractivity contribution in [3.8, 4) is 0 Å². The third-order valence-electron chi connectivity index (χ3n) is 2.93. The molecule has 1 amide bonds. The molecule has 0 aliphatic carbocycles. The van der Waals surface area contributed by atoms with Gasteiger partial charge >= 0.3 is 0 Å². The zero-order chi connectivity index (χ0) is 13.1. The predicted octanol–water partition coefficient (Wildman–Crippen LogP) is 3.88. The van der Waals surface area contributed by atoms with E-state index in [4.69, 9.17) is 11.6 Å². The Balaban J connectivity index is 2.40. The van der Waals surface area contributed by atoms with Crippen molar-refractivity contribution in [3.63, 3.8) is 0 Å². The van der Waals surface area contributed by atoms with Crippen molar-refractivity contribution in [2.24, 2.45) is 0 Å². The van der Waals surface area contributed by atoms with Gasteiger partial charge in [0.2, 0.25) is 0 Å². The van der Waals surface area contributed by atoms with Crippen LogP contribution in [-0.4, -0.2) is 18.7 Å². The molecule has 0 radical (unpaired) electrons. The summed E-state index contributed by atoms with van der Waals surface area (Å²) in [6.07, 6.45) is 4.50. The van der Waals surface area contributed by atoms with E-state index < -0.39 is 0 Å². The Hall–Kier alpha value is -1.19. The van der Waals surface area contributed by atoms with Gasteiger partial charge in [-0.15, -0.1) is 11.8 Å². The number of para-hydroxylation sites is 1. The third kappa shape index (κ3) is 2.33. The van der Waals surface area contributed by atoms with Crippen LogP contribution in [0.2, 0.25) is 5.02 Å². The minimum atomic E-state index is 0.0109. The highest BCUT2D eigenvalue weighted by molar-refractivity contribution is 8.03. The number of benzene rings is 1. The van der Waals surface area contributed by atoms with Gasteiger partial charge in [-0.3, -0.25) is 4.79 Å². The fourth-order valence-electron chi connectivity index (χ4n) is 2.02. The number of halogens is 1. The van der Waals surface area contributed by atoms with Crippen molar-refractivity contribution in [1.82, 2.24) is 0 Å². The number of hydrogen-bond donors (Lipinski definition) is 0. The third-order valence-corrected chi connectivity index (χ3v) is 4.09. The van der Waals surface area contributed by atoms with Crippen LogP contribution < -0.4 is 4.90 Å². The molecule has 0 aromatic heterocycles. The quantitative estimate of drug-likeness (QED) is 0.837. The molecule has 1 aliphatic heterocycles. The lowest BCUT2D eigenvalue weighted by Gasteiger charge is -2.29. The molecule has 4 heteroatoms. The van der Waals surface area contributed by atoms with E-state index in [1.165, 1.54) is 11.8 Å². The highest BCUT2D eigenvalue weighted by Crippen LogP contribution is 2.33. The first-order valence-electron chi connectivity index (χ1n) is 5.65. The first kappa shape index (κ1) is 13.2. The molecular formula is C14H14ClNOS. The average Bonchev–Trinajstić information content (AvgIpc) is 2.39. The van der Waals surface area contributed by atoms with E-state index in [2.05, 4.69) is 6.58 Å². The first-order chi connectivity index (χ1) is 8.69. The molecule has 0 unspecified atom stereocenters. The van der Waals surface area contributed by atoms with Gasteiger partial charge in [0.05, 0.1) is 15.6 Å². The number of thioether (sulfide) groups is 1. The zero-order valence-electron chi connectivity index (χ0n) is 10.1. The van der Waals surface area contributed by atoms with Gasteiger partial charge in [-0.25, -0.2) is 0 Å². The summed E-state index contributed by atoms with van der Waals surface area (Å²) in [6, 6.07) is 7.42. The van der Waals surface area contributed by atoms with Crippen LogP contribution in [0.1, 0.15) is 6.42 Å². The molecule has 0 atom stereocenters. The Kier molecular flexibility index (Phi) is 4.15. The number of nitrogens with zero attached hydrogens (tertiary/aromatic N) is 1. The standard InChI is InChI=1S/C14H14ClNOS/c1-3-10-8-9-16(14(17)13(10)18-2)12-7-5-4-6-11(12)15/h3-7H,1,8-9H2,2H3. The number of rotatable bonds is 3. The number of carbonyl (C=O) groups excluding carboxylic acids is 1. The number of allylic oxidation sites excluding steroid dienone is 1. The number of anilines is 1. The normalized spacial score (nSPS) is 16.1. The molecule has 18 heavy (non-hydrogen) atoms. The van der Waals surface area contributed by atoms with E-state index >= 15 is 0 Å². The van der Waals surface area contributed by atoms with Crippen LogP contribution in [0.15, 0.2) is 47.4 Å². The summed E-state index contributed by atoms with van der Waals surface area (Å²) < 4.78 is 0. The van der Waals surface area contributed by atoms with Crippen LogP contribution in [0, 0.1) is 0 Å². The average molecular weight is 280 g/mol. The second kappa shape index (κ2) is 5.63. The molecule has 94 valence electrons. The van der Waals surface area contributed by atoms with Gasteiger partial charge in [0, 0.05) is 6.54 Å². The van der Waals surface area contributed by atoms with Gasteiger partial charge in [-0.05, 0) is 30.4 Å². The van der Waals surface area contributed by atoms with E-state index in [-0.39, 0.29) is 5.91 Å². The molecular weight excluding hydrogens is 266 g/mol. The van der Waals surface area contributed by atoms with Gasteiger partial charge < -0.3 is 4.90 Å². The molecule has 1 aromatic carbocycles. The van der Waals surface area contributed by atoms with Crippen molar-refractivity contribution >= 4 is 35.0 Å². The van der Waals surface area contributed by atoms with E-state index in [9.17, 15) is 4.79 Å². The maximum atomic E-state index is 12.4. The van der Waals surface area contributed by atoms with Crippen LogP contribution in [0.25, 0.3) is 0 Å². The molecule has 2 nitrogen and oxygen atoms in total. The van der Waals surface area contributed by atoms with Gasteiger partial charge in [-0.1, -0.05) is 36.4 Å². The van der Waals surface area contributed by atoms with E-state index in [0.717, 1.165) is 22.6 Å². The Morgan fingerprint density at radius 1 is 1.44 bits per heavy atom. The van der Waals surface area contributed by atoms with Crippen LogP contribution >= 0.6 is 23.4 Å². The van der Waals surface area contributed by atoms with Crippen LogP contribution in [0.4, 0.5) is 5.69 Å². The summed E-state index contributed by atoms with van der Waals surface area (Å²) in [6.45, 7) is 4.41. The summed E-state index contributed by atoms with van der Waals surface area (Å²) >= 11 is 7.61. The molecule has 2 rings (SSSR count). The predicted molar refractivity (Wildman–Crippen MR) is 79.2 cm³/mol. The molecule has 1 aromatic rings. The molecule has 1 aliphatic rings. The van der Waals surface area contributed by atoms with Crippen molar-refractivity contribution in [1.29, 1.82) is 0 Å². The molecule has 0 saturated carbocycles. The molecule has 0 N–H and O–H groups in total. The lowest BCUT2D eigenvalue weighted by atomic mass is 10.1. The lowest BCUT2D eigenvalue weighted by molar-refractivity contribution is -0.114. The minimum absolute atomic E-state index is 0.0109. The Labute approximate surface area is 116 Å². The van der Waals surface area contributed by atoms with E-state index in [1.807, 2.05) is 24.5 Å². The van der Waals surface area contributed by atoms with Gasteiger partial charge in [-0.2, -0.15) is 0 Å². The van der Waals surface area contributed by atoms with Crippen molar-refractivity contribution in [2.75, 3.05) is 17.7 Å². The zero-order valence-corrected chi connectivity index (χ0v) is 11.7. The van der Waals surface area contributed by atoms with Crippen molar-refractivity contribution < 1.29 is 4.79 Å². The van der Waals surface area contributed by atoms with Crippen LogP contribution in [-0.2, 0) is 4.79 Å². The SMILES string of the molecule is C=CC1=C(SC)C(=O)N(c2ccccc2Cl)CC1. The topological polar surface area (TPSA) is 20.3 Å². The monoisotopic (exact) mass is 279 g/mol.